The van der Waals surface area contributed by atoms with Gasteiger partial charge in [-0.25, -0.2) is 4.79 Å². The fourth-order valence-corrected chi connectivity index (χ4v) is 3.78. The van der Waals surface area contributed by atoms with Crippen molar-refractivity contribution in [2.45, 2.75) is 52.2 Å². The van der Waals surface area contributed by atoms with Crippen LogP contribution in [0.1, 0.15) is 38.3 Å². The number of carbonyl (C=O) groups is 2. The molecule has 1 aromatic carbocycles. The topological polar surface area (TPSA) is 122 Å². The van der Waals surface area contributed by atoms with Gasteiger partial charge in [-0.1, -0.05) is 22.0 Å². The van der Waals surface area contributed by atoms with Gasteiger partial charge in [-0.15, -0.1) is 0 Å². The second kappa shape index (κ2) is 12.4. The van der Waals surface area contributed by atoms with Gasteiger partial charge in [0.15, 0.2) is 0 Å². The van der Waals surface area contributed by atoms with E-state index in [4.69, 9.17) is 8.92 Å². The van der Waals surface area contributed by atoms with E-state index in [1.165, 1.54) is 0 Å². The lowest BCUT2D eigenvalue weighted by molar-refractivity contribution is -0.137. The number of carboxylic acid groups (broad SMARTS) is 1. The number of rotatable bonds is 12. The monoisotopic (exact) mass is 536 g/mol. The van der Waals surface area contributed by atoms with Crippen LogP contribution in [0.3, 0.4) is 0 Å². The number of benzene rings is 1. The third-order valence-electron chi connectivity index (χ3n) is 4.32. The van der Waals surface area contributed by atoms with Gasteiger partial charge in [0, 0.05) is 30.1 Å². The molecule has 0 aliphatic carbocycles. The van der Waals surface area contributed by atoms with Gasteiger partial charge in [0.05, 0.1) is 19.3 Å². The van der Waals surface area contributed by atoms with Crippen molar-refractivity contribution >= 4 is 43.8 Å². The van der Waals surface area contributed by atoms with E-state index in [2.05, 4.69) is 21.2 Å². The Kier molecular flexibility index (Phi) is 10.9. The minimum absolute atomic E-state index is 0.0108. The Labute approximate surface area is 198 Å². The molecule has 1 amide bonds. The lowest BCUT2D eigenvalue weighted by Crippen LogP contribution is -2.41. The highest BCUT2D eigenvalue weighted by Crippen LogP contribution is 2.22. The first-order chi connectivity index (χ1) is 14.7. The molecule has 0 aliphatic rings. The summed E-state index contributed by atoms with van der Waals surface area (Å²) < 4.78 is 32.6. The van der Waals surface area contributed by atoms with Crippen molar-refractivity contribution in [1.82, 2.24) is 5.32 Å². The first-order valence-corrected chi connectivity index (χ1v) is 13.1. The van der Waals surface area contributed by atoms with Gasteiger partial charge in [0.1, 0.15) is 5.60 Å². The number of anilines is 1. The fraction of sp³-hybridized carbons (Fsp3) is 0.619. The number of hydrogen-bond acceptors (Lipinski definition) is 7. The first kappa shape index (κ1) is 28.2. The van der Waals surface area contributed by atoms with E-state index in [-0.39, 0.29) is 13.0 Å². The average molecular weight is 537 g/mol. The van der Waals surface area contributed by atoms with Gasteiger partial charge in [0.25, 0.3) is 10.1 Å². The minimum atomic E-state index is -3.53. The maximum absolute atomic E-state index is 12.2. The van der Waals surface area contributed by atoms with Crippen LogP contribution in [0.5, 0.6) is 0 Å². The van der Waals surface area contributed by atoms with Crippen LogP contribution in [0.4, 0.5) is 10.5 Å². The number of nitrogens with one attached hydrogen (secondary N) is 1. The fourth-order valence-electron chi connectivity index (χ4n) is 2.97. The van der Waals surface area contributed by atoms with E-state index in [1.54, 1.807) is 20.8 Å². The lowest BCUT2D eigenvalue weighted by Gasteiger charge is -2.26. The second-order valence-corrected chi connectivity index (χ2v) is 10.9. The maximum atomic E-state index is 12.2. The summed E-state index contributed by atoms with van der Waals surface area (Å²) in [5, 5.41) is 12.6. The number of hydrogen-bond donors (Lipinski definition) is 2. The maximum Gasteiger partial charge on any atom is 0.407 e. The molecule has 1 aromatic rings. The Bertz CT molecular complexity index is 885. The Morgan fingerprint density at radius 2 is 1.91 bits per heavy atom. The van der Waals surface area contributed by atoms with Crippen LogP contribution in [0, 0.1) is 6.92 Å². The standard InChI is InChI=1S/C21H33BrN2O7S/c1-15-6-7-18(24(9-8-22)10-11-30-32(5,28)29)13-16(15)12-17(14-19(25)26)23-20(27)31-21(2,3)4/h6-7,13,17H,8-12,14H2,1-5H3,(H,23,27)(H,25,26). The molecule has 11 heteroatoms. The Hall–Kier alpha value is -1.85. The van der Waals surface area contributed by atoms with E-state index < -0.39 is 33.8 Å². The van der Waals surface area contributed by atoms with Crippen molar-refractivity contribution in [1.29, 1.82) is 0 Å². The first-order valence-electron chi connectivity index (χ1n) is 10.2. The summed E-state index contributed by atoms with van der Waals surface area (Å²) in [5.41, 5.74) is 1.96. The molecule has 0 aromatic heterocycles. The van der Waals surface area contributed by atoms with E-state index in [1.807, 2.05) is 30.0 Å². The molecule has 1 unspecified atom stereocenters. The summed E-state index contributed by atoms with van der Waals surface area (Å²) in [6.45, 7) is 8.10. The number of nitrogens with zero attached hydrogens (tertiary/aromatic N) is 1. The van der Waals surface area contributed by atoms with E-state index >= 15 is 0 Å². The SMILES string of the molecule is Cc1ccc(N(CCBr)CCOS(C)(=O)=O)cc1CC(CC(=O)O)NC(=O)OC(C)(C)C. The summed E-state index contributed by atoms with van der Waals surface area (Å²) in [7, 11) is -3.53. The van der Waals surface area contributed by atoms with Crippen LogP contribution in [0.25, 0.3) is 0 Å². The van der Waals surface area contributed by atoms with Crippen LogP contribution in [0.2, 0.25) is 0 Å². The lowest BCUT2D eigenvalue weighted by atomic mass is 9.98. The molecular formula is C21H33BrN2O7S. The van der Waals surface area contributed by atoms with Gasteiger partial charge < -0.3 is 20.1 Å². The van der Waals surface area contributed by atoms with Crippen LogP contribution >= 0.6 is 15.9 Å². The summed E-state index contributed by atoms with van der Waals surface area (Å²) in [4.78, 5) is 25.5. The second-order valence-electron chi connectivity index (χ2n) is 8.46. The number of alkyl halides is 1. The predicted octanol–water partition coefficient (Wildman–Crippen LogP) is 3.08. The molecule has 1 atom stereocenters. The molecule has 0 bridgehead atoms. The number of alkyl carbamates (subject to hydrolysis) is 1. The molecule has 0 radical (unpaired) electrons. The molecule has 0 saturated heterocycles. The van der Waals surface area contributed by atoms with Crippen LogP contribution in [-0.4, -0.2) is 68.5 Å². The van der Waals surface area contributed by atoms with E-state index in [0.717, 1.165) is 23.1 Å². The smallest absolute Gasteiger partial charge is 0.407 e. The number of carboxylic acids is 1. The third-order valence-corrected chi connectivity index (χ3v) is 5.27. The zero-order valence-electron chi connectivity index (χ0n) is 19.2. The molecule has 32 heavy (non-hydrogen) atoms. The van der Waals surface area contributed by atoms with Crippen LogP contribution < -0.4 is 10.2 Å². The van der Waals surface area contributed by atoms with Gasteiger partial charge in [-0.05, 0) is 57.4 Å². The number of carbonyl (C=O) groups excluding carboxylic acids is 1. The van der Waals surface area contributed by atoms with Crippen molar-refractivity contribution in [3.63, 3.8) is 0 Å². The quantitative estimate of drug-likeness (QED) is 0.308. The van der Waals surface area contributed by atoms with E-state index in [9.17, 15) is 23.1 Å². The highest BCUT2D eigenvalue weighted by atomic mass is 79.9. The zero-order valence-corrected chi connectivity index (χ0v) is 21.6. The molecule has 0 saturated carbocycles. The van der Waals surface area contributed by atoms with Crippen LogP contribution in [-0.2, 0) is 30.3 Å². The summed E-state index contributed by atoms with van der Waals surface area (Å²) >= 11 is 3.40. The molecule has 0 heterocycles. The Balaban J connectivity index is 3.04. The average Bonchev–Trinajstić information content (AvgIpc) is 2.59. The molecule has 9 nitrogen and oxygen atoms in total. The van der Waals surface area contributed by atoms with Crippen molar-refractivity contribution in [2.75, 3.05) is 36.2 Å². The van der Waals surface area contributed by atoms with E-state index in [0.29, 0.717) is 24.8 Å². The highest BCUT2D eigenvalue weighted by Gasteiger charge is 2.22. The summed E-state index contributed by atoms with van der Waals surface area (Å²) in [6.07, 6.45) is 0.381. The number of halogens is 1. The number of ether oxygens (including phenoxy) is 1. The largest absolute Gasteiger partial charge is 0.481 e. The number of aliphatic carboxylic acids is 1. The van der Waals surface area contributed by atoms with Crippen molar-refractivity contribution in [3.8, 4) is 0 Å². The molecular weight excluding hydrogens is 504 g/mol. The van der Waals surface area contributed by atoms with Gasteiger partial charge in [0.2, 0.25) is 0 Å². The van der Waals surface area contributed by atoms with Crippen molar-refractivity contribution in [3.05, 3.63) is 29.3 Å². The van der Waals surface area contributed by atoms with Gasteiger partial charge in [-0.2, -0.15) is 8.42 Å². The van der Waals surface area contributed by atoms with Crippen molar-refractivity contribution < 1.29 is 32.0 Å². The molecule has 0 spiro atoms. The van der Waals surface area contributed by atoms with Gasteiger partial charge >= 0.3 is 12.1 Å². The summed E-state index contributed by atoms with van der Waals surface area (Å²) in [5.74, 6) is -1.03. The minimum Gasteiger partial charge on any atom is -0.481 e. The molecule has 182 valence electrons. The number of amides is 1. The zero-order chi connectivity index (χ0) is 24.5. The Morgan fingerprint density at radius 3 is 2.44 bits per heavy atom. The molecule has 1 rings (SSSR count). The highest BCUT2D eigenvalue weighted by molar-refractivity contribution is 9.09. The molecule has 0 fully saturated rings. The molecule has 2 N–H and O–H groups in total. The third kappa shape index (κ3) is 11.7. The molecule has 0 aliphatic heterocycles. The van der Waals surface area contributed by atoms with Gasteiger partial charge in [-0.3, -0.25) is 8.98 Å². The summed E-state index contributed by atoms with van der Waals surface area (Å²) in [6, 6.07) is 5.09. The van der Waals surface area contributed by atoms with Crippen molar-refractivity contribution in [2.24, 2.45) is 0 Å². The Morgan fingerprint density at radius 1 is 1.25 bits per heavy atom. The normalized spacial score (nSPS) is 12.8. The number of aryl methyl sites for hydroxylation is 1. The van der Waals surface area contributed by atoms with Crippen LogP contribution in [0.15, 0.2) is 18.2 Å². The predicted molar refractivity (Wildman–Crippen MR) is 127 cm³/mol.